The fourth-order valence-electron chi connectivity index (χ4n) is 3.44. The summed E-state index contributed by atoms with van der Waals surface area (Å²) in [6.07, 6.45) is 1.54. The van der Waals surface area contributed by atoms with Gasteiger partial charge in [-0.05, 0) is 32.0 Å². The Morgan fingerprint density at radius 2 is 1.93 bits per heavy atom. The summed E-state index contributed by atoms with van der Waals surface area (Å²) in [6.45, 7) is 5.93. The second-order valence-electron chi connectivity index (χ2n) is 6.67. The van der Waals surface area contributed by atoms with Gasteiger partial charge < -0.3 is 14.6 Å². The largest absolute Gasteiger partial charge is 0.507 e. The van der Waals surface area contributed by atoms with E-state index in [1.807, 2.05) is 48.0 Å². The lowest BCUT2D eigenvalue weighted by molar-refractivity contribution is 0.474. The number of phenolic OH excluding ortho intramolecular Hbond substituents is 1. The van der Waals surface area contributed by atoms with E-state index in [0.29, 0.717) is 11.5 Å². The van der Waals surface area contributed by atoms with Crippen molar-refractivity contribution in [1.82, 2.24) is 19.7 Å². The van der Waals surface area contributed by atoms with Crippen LogP contribution < -0.4 is 10.3 Å². The number of fused-ring (bicyclic) bond motifs is 3. The quantitative estimate of drug-likeness (QED) is 0.387. The van der Waals surface area contributed by atoms with E-state index in [-0.39, 0.29) is 5.75 Å². The van der Waals surface area contributed by atoms with Crippen molar-refractivity contribution in [3.63, 3.8) is 0 Å². The first-order chi connectivity index (χ1) is 14.1. The van der Waals surface area contributed by atoms with Crippen LogP contribution in [-0.2, 0) is 7.05 Å². The molecular formula is C21H23N7O. The Balaban J connectivity index is 1.56. The monoisotopic (exact) mass is 389 g/mol. The van der Waals surface area contributed by atoms with Gasteiger partial charge in [-0.1, -0.05) is 18.2 Å². The Hall–Kier alpha value is -3.68. The number of phenols is 1. The van der Waals surface area contributed by atoms with Crippen molar-refractivity contribution < 1.29 is 5.11 Å². The first-order valence-corrected chi connectivity index (χ1v) is 9.57. The van der Waals surface area contributed by atoms with Gasteiger partial charge in [0.15, 0.2) is 5.65 Å². The van der Waals surface area contributed by atoms with Crippen LogP contribution in [0.15, 0.2) is 47.6 Å². The lowest BCUT2D eigenvalue weighted by Crippen LogP contribution is -2.21. The van der Waals surface area contributed by atoms with Gasteiger partial charge in [0.2, 0.25) is 0 Å². The fourth-order valence-corrected chi connectivity index (χ4v) is 3.44. The minimum atomic E-state index is 0.170. The standard InChI is InChI=1S/C21H23N7O/c1-4-28(5-2)15-11-10-14(18(29)12-15)13-22-25-21-23-20-19(24-26-21)16-8-6-7-9-17(16)27(20)3/h6-13,29H,4-5H2,1-3H3,(H,23,25,26)/b22-13+. The summed E-state index contributed by atoms with van der Waals surface area (Å²) >= 11 is 0. The molecule has 0 spiro atoms. The third-order valence-electron chi connectivity index (χ3n) is 5.02. The van der Waals surface area contributed by atoms with Crippen LogP contribution in [0.4, 0.5) is 11.6 Å². The summed E-state index contributed by atoms with van der Waals surface area (Å²) in [5.74, 6) is 0.460. The molecule has 0 aliphatic carbocycles. The Labute approximate surface area is 168 Å². The maximum Gasteiger partial charge on any atom is 0.265 e. The van der Waals surface area contributed by atoms with Crippen LogP contribution >= 0.6 is 0 Å². The molecule has 0 aliphatic heterocycles. The number of hydrogen-bond donors (Lipinski definition) is 2. The van der Waals surface area contributed by atoms with Crippen LogP contribution in [-0.4, -0.2) is 44.2 Å². The third kappa shape index (κ3) is 3.44. The van der Waals surface area contributed by atoms with Gasteiger partial charge >= 0.3 is 0 Å². The van der Waals surface area contributed by atoms with E-state index in [2.05, 4.69) is 44.5 Å². The zero-order valence-corrected chi connectivity index (χ0v) is 16.7. The van der Waals surface area contributed by atoms with Crippen molar-refractivity contribution in [2.24, 2.45) is 12.1 Å². The topological polar surface area (TPSA) is 91.5 Å². The molecule has 0 amide bonds. The predicted octanol–water partition coefficient (Wildman–Crippen LogP) is 3.51. The van der Waals surface area contributed by atoms with Gasteiger partial charge in [0.25, 0.3) is 5.95 Å². The lowest BCUT2D eigenvalue weighted by atomic mass is 10.2. The first kappa shape index (κ1) is 18.7. The number of hydrazone groups is 1. The molecule has 8 heteroatoms. The van der Waals surface area contributed by atoms with Crippen LogP contribution in [0.1, 0.15) is 19.4 Å². The van der Waals surface area contributed by atoms with Crippen LogP contribution in [0.2, 0.25) is 0 Å². The molecule has 2 aromatic carbocycles. The third-order valence-corrected chi connectivity index (χ3v) is 5.02. The summed E-state index contributed by atoms with van der Waals surface area (Å²) in [7, 11) is 1.95. The van der Waals surface area contributed by atoms with Gasteiger partial charge in [-0.25, -0.2) is 5.43 Å². The van der Waals surface area contributed by atoms with Crippen LogP contribution in [0.25, 0.3) is 22.1 Å². The Morgan fingerprint density at radius 3 is 2.69 bits per heavy atom. The average Bonchev–Trinajstić information content (AvgIpc) is 3.03. The lowest BCUT2D eigenvalue weighted by Gasteiger charge is -2.21. The smallest absolute Gasteiger partial charge is 0.265 e. The number of rotatable bonds is 6. The Morgan fingerprint density at radius 1 is 1.14 bits per heavy atom. The molecule has 8 nitrogen and oxygen atoms in total. The van der Waals surface area contributed by atoms with Gasteiger partial charge in [0.1, 0.15) is 11.3 Å². The van der Waals surface area contributed by atoms with Gasteiger partial charge in [-0.2, -0.15) is 10.1 Å². The number of aryl methyl sites for hydroxylation is 1. The molecule has 0 bridgehead atoms. The maximum atomic E-state index is 10.3. The molecule has 0 saturated heterocycles. The highest BCUT2D eigenvalue weighted by atomic mass is 16.3. The average molecular weight is 389 g/mol. The van der Waals surface area contributed by atoms with Crippen molar-refractivity contribution in [2.75, 3.05) is 23.4 Å². The molecule has 0 saturated carbocycles. The Kier molecular flexibility index (Phi) is 4.99. The highest BCUT2D eigenvalue weighted by Crippen LogP contribution is 2.25. The van der Waals surface area contributed by atoms with Crippen LogP contribution in [0.3, 0.4) is 0 Å². The summed E-state index contributed by atoms with van der Waals surface area (Å²) in [5.41, 5.74) is 6.90. The van der Waals surface area contributed by atoms with Crippen molar-refractivity contribution in [3.05, 3.63) is 48.0 Å². The number of nitrogens with one attached hydrogen (secondary N) is 1. The maximum absolute atomic E-state index is 10.3. The van der Waals surface area contributed by atoms with E-state index in [0.717, 1.165) is 40.8 Å². The van der Waals surface area contributed by atoms with Crippen molar-refractivity contribution in [1.29, 1.82) is 0 Å². The summed E-state index contributed by atoms with van der Waals surface area (Å²) in [5, 5.41) is 23.9. The van der Waals surface area contributed by atoms with Gasteiger partial charge in [-0.15, -0.1) is 10.2 Å². The highest BCUT2D eigenvalue weighted by Gasteiger charge is 2.12. The van der Waals surface area contributed by atoms with E-state index in [4.69, 9.17) is 0 Å². The minimum absolute atomic E-state index is 0.170. The van der Waals surface area contributed by atoms with Gasteiger partial charge in [0, 0.05) is 42.8 Å². The molecule has 4 aromatic rings. The molecule has 0 unspecified atom stereocenters. The predicted molar refractivity (Wildman–Crippen MR) is 117 cm³/mol. The van der Waals surface area contributed by atoms with E-state index in [1.54, 1.807) is 6.07 Å². The molecule has 0 atom stereocenters. The summed E-state index contributed by atoms with van der Waals surface area (Å²) < 4.78 is 1.98. The van der Waals surface area contributed by atoms with Crippen molar-refractivity contribution in [2.45, 2.75) is 13.8 Å². The molecule has 0 radical (unpaired) electrons. The minimum Gasteiger partial charge on any atom is -0.507 e. The number of aromatic hydroxyl groups is 1. The Bertz CT molecular complexity index is 1190. The zero-order valence-electron chi connectivity index (χ0n) is 16.7. The molecular weight excluding hydrogens is 366 g/mol. The highest BCUT2D eigenvalue weighted by molar-refractivity contribution is 6.04. The molecule has 2 heterocycles. The zero-order chi connectivity index (χ0) is 20.4. The SMILES string of the molecule is CCN(CC)c1ccc(/C=N/Nc2nnc3c4ccccc4n(C)c3n2)c(O)c1. The van der Waals surface area contributed by atoms with Gasteiger partial charge in [0.05, 0.1) is 11.7 Å². The molecule has 2 aromatic heterocycles. The normalized spacial score (nSPS) is 11.6. The molecule has 0 fully saturated rings. The number of para-hydroxylation sites is 1. The second-order valence-corrected chi connectivity index (χ2v) is 6.67. The van der Waals surface area contributed by atoms with E-state index >= 15 is 0 Å². The molecule has 148 valence electrons. The number of anilines is 2. The van der Waals surface area contributed by atoms with Crippen molar-refractivity contribution >= 4 is 39.9 Å². The van der Waals surface area contributed by atoms with Crippen LogP contribution in [0, 0.1) is 0 Å². The number of nitrogens with zero attached hydrogens (tertiary/aromatic N) is 6. The number of aromatic nitrogens is 4. The van der Waals surface area contributed by atoms with E-state index in [9.17, 15) is 5.11 Å². The molecule has 2 N–H and O–H groups in total. The number of benzene rings is 2. The molecule has 4 rings (SSSR count). The first-order valence-electron chi connectivity index (χ1n) is 9.57. The second kappa shape index (κ2) is 7.75. The van der Waals surface area contributed by atoms with E-state index in [1.165, 1.54) is 6.21 Å². The number of hydrogen-bond acceptors (Lipinski definition) is 7. The molecule has 0 aliphatic rings. The van der Waals surface area contributed by atoms with Crippen LogP contribution in [0.5, 0.6) is 5.75 Å². The van der Waals surface area contributed by atoms with Crippen molar-refractivity contribution in [3.8, 4) is 5.75 Å². The summed E-state index contributed by atoms with van der Waals surface area (Å²) in [6, 6.07) is 13.5. The molecule has 29 heavy (non-hydrogen) atoms. The summed E-state index contributed by atoms with van der Waals surface area (Å²) in [4.78, 5) is 6.68. The fraction of sp³-hybridized carbons (Fsp3) is 0.238. The van der Waals surface area contributed by atoms with Gasteiger partial charge in [-0.3, -0.25) is 0 Å². The van der Waals surface area contributed by atoms with E-state index < -0.39 is 0 Å².